The molecule has 2 aromatic carbocycles. The van der Waals surface area contributed by atoms with E-state index in [-0.39, 0.29) is 11.9 Å². The Morgan fingerprint density at radius 2 is 2.04 bits per heavy atom. The van der Waals surface area contributed by atoms with E-state index in [9.17, 15) is 4.79 Å². The Kier molecular flexibility index (Phi) is 4.92. The van der Waals surface area contributed by atoms with Crippen LogP contribution in [0.15, 0.2) is 42.5 Å². The molecule has 2 aliphatic rings. The van der Waals surface area contributed by atoms with Crippen molar-refractivity contribution in [2.24, 2.45) is 5.92 Å². The third-order valence-corrected chi connectivity index (χ3v) is 5.60. The second-order valence-electron chi connectivity index (χ2n) is 7.53. The predicted molar refractivity (Wildman–Crippen MR) is 108 cm³/mol. The van der Waals surface area contributed by atoms with Crippen molar-refractivity contribution in [1.82, 2.24) is 5.32 Å². The van der Waals surface area contributed by atoms with E-state index in [1.165, 1.54) is 18.4 Å². The van der Waals surface area contributed by atoms with Gasteiger partial charge < -0.3 is 20.7 Å². The molecule has 5 nitrogen and oxygen atoms in total. The third-order valence-electron chi connectivity index (χ3n) is 5.60. The van der Waals surface area contributed by atoms with Crippen molar-refractivity contribution in [3.8, 4) is 5.75 Å². The van der Waals surface area contributed by atoms with Crippen molar-refractivity contribution >= 4 is 17.3 Å². The minimum atomic E-state index is 0.0676. The van der Waals surface area contributed by atoms with Crippen LogP contribution in [0.3, 0.4) is 0 Å². The van der Waals surface area contributed by atoms with Crippen molar-refractivity contribution in [2.75, 3.05) is 30.8 Å². The van der Waals surface area contributed by atoms with Crippen molar-refractivity contribution < 1.29 is 9.53 Å². The molecule has 1 aliphatic heterocycles. The topological polar surface area (TPSA) is 67.6 Å². The molecule has 0 radical (unpaired) electrons. The molecular weight excluding hydrogens is 338 g/mol. The standard InChI is InChI=1S/C22H27N3O2/c1-27-17-11-9-16(10-12-17)22(15-7-8-15)24-21(26)14-25-13-3-4-18-19(23)5-2-6-20(18)25/h2,5-6,9-12,15,22H,3-4,7-8,13-14,23H2,1H3,(H,24,26). The first-order valence-electron chi connectivity index (χ1n) is 9.71. The maximum atomic E-state index is 12.8. The van der Waals surface area contributed by atoms with Crippen LogP contribution in [0.2, 0.25) is 0 Å². The molecule has 1 aliphatic carbocycles. The van der Waals surface area contributed by atoms with Gasteiger partial charge in [-0.1, -0.05) is 18.2 Å². The van der Waals surface area contributed by atoms with Crippen molar-refractivity contribution in [1.29, 1.82) is 0 Å². The highest BCUT2D eigenvalue weighted by atomic mass is 16.5. The van der Waals surface area contributed by atoms with Gasteiger partial charge in [0.1, 0.15) is 5.75 Å². The largest absolute Gasteiger partial charge is 0.497 e. The molecule has 1 amide bonds. The molecule has 27 heavy (non-hydrogen) atoms. The Morgan fingerprint density at radius 3 is 2.74 bits per heavy atom. The molecule has 0 aromatic heterocycles. The average molecular weight is 365 g/mol. The van der Waals surface area contributed by atoms with Crippen LogP contribution in [-0.2, 0) is 11.2 Å². The number of nitrogens with one attached hydrogen (secondary N) is 1. The Bertz CT molecular complexity index is 815. The van der Waals surface area contributed by atoms with Gasteiger partial charge in [0.05, 0.1) is 19.7 Å². The zero-order chi connectivity index (χ0) is 18.8. The van der Waals surface area contributed by atoms with Crippen molar-refractivity contribution in [3.05, 3.63) is 53.6 Å². The molecule has 4 rings (SSSR count). The van der Waals surface area contributed by atoms with Crippen LogP contribution >= 0.6 is 0 Å². The highest BCUT2D eigenvalue weighted by Gasteiger charge is 2.34. The lowest BCUT2D eigenvalue weighted by Gasteiger charge is -2.32. The Labute approximate surface area is 160 Å². The zero-order valence-corrected chi connectivity index (χ0v) is 15.8. The maximum Gasteiger partial charge on any atom is 0.240 e. The predicted octanol–water partition coefficient (Wildman–Crippen LogP) is 3.30. The van der Waals surface area contributed by atoms with Gasteiger partial charge in [-0.15, -0.1) is 0 Å². The minimum Gasteiger partial charge on any atom is -0.497 e. The summed E-state index contributed by atoms with van der Waals surface area (Å²) in [4.78, 5) is 15.0. The fourth-order valence-corrected chi connectivity index (χ4v) is 4.00. The fourth-order valence-electron chi connectivity index (χ4n) is 4.00. The van der Waals surface area contributed by atoms with E-state index in [2.05, 4.69) is 28.4 Å². The quantitative estimate of drug-likeness (QED) is 0.771. The molecule has 0 spiro atoms. The Morgan fingerprint density at radius 1 is 1.26 bits per heavy atom. The molecule has 142 valence electrons. The monoisotopic (exact) mass is 365 g/mol. The van der Waals surface area contributed by atoms with E-state index in [0.717, 1.165) is 42.1 Å². The van der Waals surface area contributed by atoms with Crippen LogP contribution in [0.25, 0.3) is 0 Å². The number of ether oxygens (including phenoxy) is 1. The second kappa shape index (κ2) is 7.51. The van der Waals surface area contributed by atoms with Crippen LogP contribution in [0.5, 0.6) is 5.75 Å². The highest BCUT2D eigenvalue weighted by Crippen LogP contribution is 2.41. The number of rotatable bonds is 6. The zero-order valence-electron chi connectivity index (χ0n) is 15.8. The molecule has 5 heteroatoms. The van der Waals surface area contributed by atoms with E-state index in [4.69, 9.17) is 10.5 Å². The summed E-state index contributed by atoms with van der Waals surface area (Å²) in [5.74, 6) is 1.44. The number of carbonyl (C=O) groups is 1. The summed E-state index contributed by atoms with van der Waals surface area (Å²) < 4.78 is 5.25. The molecule has 1 saturated carbocycles. The first kappa shape index (κ1) is 17.7. The molecule has 1 unspecified atom stereocenters. The fraction of sp³-hybridized carbons (Fsp3) is 0.409. The lowest BCUT2D eigenvalue weighted by Crippen LogP contribution is -2.41. The van der Waals surface area contributed by atoms with Crippen LogP contribution < -0.4 is 20.7 Å². The smallest absolute Gasteiger partial charge is 0.240 e. The number of amides is 1. The number of methoxy groups -OCH3 is 1. The van der Waals surface area contributed by atoms with Gasteiger partial charge in [0.15, 0.2) is 0 Å². The summed E-state index contributed by atoms with van der Waals surface area (Å²) in [6.07, 6.45) is 4.34. The first-order valence-corrected chi connectivity index (χ1v) is 9.71. The highest BCUT2D eigenvalue weighted by molar-refractivity contribution is 5.83. The SMILES string of the molecule is COc1ccc(C(NC(=O)CN2CCCc3c(N)cccc32)C2CC2)cc1. The number of nitrogen functional groups attached to an aromatic ring is 1. The van der Waals surface area contributed by atoms with Gasteiger partial charge >= 0.3 is 0 Å². The Balaban J connectivity index is 1.46. The van der Waals surface area contributed by atoms with E-state index in [1.807, 2.05) is 24.3 Å². The van der Waals surface area contributed by atoms with E-state index in [0.29, 0.717) is 12.5 Å². The first-order chi connectivity index (χ1) is 13.2. The van der Waals surface area contributed by atoms with Gasteiger partial charge in [-0.25, -0.2) is 0 Å². The van der Waals surface area contributed by atoms with Crippen LogP contribution in [0.4, 0.5) is 11.4 Å². The summed E-state index contributed by atoms with van der Waals surface area (Å²) in [6, 6.07) is 14.1. The molecule has 3 N–H and O–H groups in total. The number of fused-ring (bicyclic) bond motifs is 1. The molecule has 1 heterocycles. The second-order valence-corrected chi connectivity index (χ2v) is 7.53. The number of hydrogen-bond donors (Lipinski definition) is 2. The average Bonchev–Trinajstić information content (AvgIpc) is 3.52. The Hall–Kier alpha value is -2.69. The van der Waals surface area contributed by atoms with Crippen LogP contribution in [0.1, 0.15) is 36.4 Å². The van der Waals surface area contributed by atoms with Crippen molar-refractivity contribution in [2.45, 2.75) is 31.7 Å². The number of carbonyl (C=O) groups excluding carboxylic acids is 1. The molecule has 1 atom stereocenters. The molecule has 1 fully saturated rings. The number of anilines is 2. The lowest BCUT2D eigenvalue weighted by molar-refractivity contribution is -0.120. The van der Waals surface area contributed by atoms with E-state index >= 15 is 0 Å². The van der Waals surface area contributed by atoms with Gasteiger partial charge in [0, 0.05) is 17.9 Å². The molecular formula is C22H27N3O2. The molecule has 2 aromatic rings. The number of nitrogens with zero attached hydrogens (tertiary/aromatic N) is 1. The summed E-state index contributed by atoms with van der Waals surface area (Å²) in [5, 5.41) is 3.27. The van der Waals surface area contributed by atoms with Gasteiger partial charge in [0.25, 0.3) is 0 Å². The van der Waals surface area contributed by atoms with Gasteiger partial charge in [-0.05, 0) is 67.0 Å². The van der Waals surface area contributed by atoms with Crippen LogP contribution in [-0.4, -0.2) is 26.1 Å². The van der Waals surface area contributed by atoms with Crippen molar-refractivity contribution in [3.63, 3.8) is 0 Å². The summed E-state index contributed by atoms with van der Waals surface area (Å²) in [6.45, 7) is 1.26. The minimum absolute atomic E-state index is 0.0676. The normalized spacial score (nSPS) is 17.1. The third kappa shape index (κ3) is 3.87. The molecule has 0 saturated heterocycles. The molecule has 0 bridgehead atoms. The summed E-state index contributed by atoms with van der Waals surface area (Å²) in [5.41, 5.74) is 10.4. The number of nitrogens with two attached hydrogens (primary N) is 1. The lowest BCUT2D eigenvalue weighted by atomic mass is 9.99. The summed E-state index contributed by atoms with van der Waals surface area (Å²) in [7, 11) is 1.67. The maximum absolute atomic E-state index is 12.8. The van der Waals surface area contributed by atoms with Gasteiger partial charge in [0.2, 0.25) is 5.91 Å². The summed E-state index contributed by atoms with van der Waals surface area (Å²) >= 11 is 0. The van der Waals surface area contributed by atoms with Gasteiger partial charge in [-0.2, -0.15) is 0 Å². The number of benzene rings is 2. The van der Waals surface area contributed by atoms with Crippen LogP contribution in [0, 0.1) is 5.92 Å². The number of hydrogen-bond acceptors (Lipinski definition) is 4. The van der Waals surface area contributed by atoms with E-state index in [1.54, 1.807) is 7.11 Å². The van der Waals surface area contributed by atoms with Gasteiger partial charge in [-0.3, -0.25) is 4.79 Å². The van der Waals surface area contributed by atoms with E-state index < -0.39 is 0 Å².